The Morgan fingerprint density at radius 3 is 2.14 bits per heavy atom. The topological polar surface area (TPSA) is 46.2 Å². The highest BCUT2D eigenvalue weighted by Gasteiger charge is 2.22. The summed E-state index contributed by atoms with van der Waals surface area (Å²) < 4.78 is 0.777. The lowest BCUT2D eigenvalue weighted by Crippen LogP contribution is -2.20. The van der Waals surface area contributed by atoms with Crippen LogP contribution in [0.2, 0.25) is 15.1 Å². The molecule has 2 atom stereocenters. The van der Waals surface area contributed by atoms with Crippen LogP contribution in [-0.2, 0) is 0 Å². The summed E-state index contributed by atoms with van der Waals surface area (Å²) >= 11 is 21.3. The summed E-state index contributed by atoms with van der Waals surface area (Å²) in [5.41, 5.74) is 7.35. The summed E-state index contributed by atoms with van der Waals surface area (Å²) in [5, 5.41) is 12.0. The van der Waals surface area contributed by atoms with E-state index in [0.717, 1.165) is 10.0 Å². The van der Waals surface area contributed by atoms with Gasteiger partial charge in [-0.05, 0) is 51.3 Å². The molecule has 6 heteroatoms. The monoisotopic (exact) mass is 407 g/mol. The summed E-state index contributed by atoms with van der Waals surface area (Å²) in [4.78, 5) is 0. The zero-order valence-corrected chi connectivity index (χ0v) is 14.7. The summed E-state index contributed by atoms with van der Waals surface area (Å²) in [6, 6.07) is 10.6. The molecule has 0 bridgehead atoms. The zero-order valence-electron chi connectivity index (χ0n) is 10.9. The fourth-order valence-electron chi connectivity index (χ4n) is 2.12. The molecule has 0 aliphatic heterocycles. The summed E-state index contributed by atoms with van der Waals surface area (Å²) in [6.07, 6.45) is -0.780. The third-order valence-electron chi connectivity index (χ3n) is 3.29. The lowest BCUT2D eigenvalue weighted by molar-refractivity contribution is 0.147. The van der Waals surface area contributed by atoms with Crippen LogP contribution in [0.5, 0.6) is 0 Å². The molecule has 2 nitrogen and oxygen atoms in total. The molecule has 3 N–H and O–H groups in total. The minimum absolute atomic E-state index is 0.271. The van der Waals surface area contributed by atoms with Crippen molar-refractivity contribution in [2.75, 3.05) is 6.54 Å². The second-order valence-corrected chi connectivity index (χ2v) is 6.71. The van der Waals surface area contributed by atoms with E-state index in [1.54, 1.807) is 30.3 Å². The molecule has 0 aliphatic carbocycles. The molecule has 21 heavy (non-hydrogen) atoms. The van der Waals surface area contributed by atoms with Gasteiger partial charge in [-0.3, -0.25) is 0 Å². The molecule has 0 fully saturated rings. The van der Waals surface area contributed by atoms with E-state index in [2.05, 4.69) is 15.9 Å². The predicted molar refractivity (Wildman–Crippen MR) is 92.4 cm³/mol. The predicted octanol–water partition coefficient (Wildman–Crippen LogP) is 5.19. The first kappa shape index (κ1) is 17.1. The molecule has 0 spiro atoms. The number of benzene rings is 2. The van der Waals surface area contributed by atoms with E-state index in [1.165, 1.54) is 0 Å². The summed E-state index contributed by atoms with van der Waals surface area (Å²) in [5.74, 6) is -0.294. The molecule has 112 valence electrons. The van der Waals surface area contributed by atoms with Gasteiger partial charge in [0.05, 0.1) is 21.2 Å². The van der Waals surface area contributed by atoms with E-state index in [-0.39, 0.29) is 12.5 Å². The van der Waals surface area contributed by atoms with E-state index >= 15 is 0 Å². The van der Waals surface area contributed by atoms with Gasteiger partial charge in [-0.15, -0.1) is 0 Å². The maximum atomic E-state index is 10.6. The maximum absolute atomic E-state index is 10.6. The normalized spacial score (nSPS) is 14.0. The van der Waals surface area contributed by atoms with Crippen LogP contribution >= 0.6 is 50.7 Å². The Bertz CT molecular complexity index is 651. The van der Waals surface area contributed by atoms with Gasteiger partial charge in [-0.1, -0.05) is 46.9 Å². The Balaban J connectivity index is 2.35. The molecule has 0 heterocycles. The van der Waals surface area contributed by atoms with Crippen LogP contribution in [0.25, 0.3) is 0 Å². The first-order chi connectivity index (χ1) is 9.93. The minimum atomic E-state index is -0.780. The molecule has 2 rings (SSSR count). The Morgan fingerprint density at radius 1 is 0.952 bits per heavy atom. The average Bonchev–Trinajstić information content (AvgIpc) is 2.46. The van der Waals surface area contributed by atoms with Gasteiger partial charge in [0.1, 0.15) is 0 Å². The van der Waals surface area contributed by atoms with Crippen molar-refractivity contribution in [2.24, 2.45) is 5.73 Å². The van der Waals surface area contributed by atoms with E-state index in [1.807, 2.05) is 6.07 Å². The van der Waals surface area contributed by atoms with E-state index in [0.29, 0.717) is 20.6 Å². The largest absolute Gasteiger partial charge is 0.388 e. The number of rotatable bonds is 4. The first-order valence-corrected chi connectivity index (χ1v) is 8.14. The number of aliphatic hydroxyl groups is 1. The van der Waals surface area contributed by atoms with E-state index in [9.17, 15) is 5.11 Å². The number of hydrogen-bond acceptors (Lipinski definition) is 2. The van der Waals surface area contributed by atoms with Crippen molar-refractivity contribution < 1.29 is 5.11 Å². The number of halogens is 4. The molecular weight excluding hydrogens is 396 g/mol. The third kappa shape index (κ3) is 3.92. The van der Waals surface area contributed by atoms with Crippen molar-refractivity contribution in [2.45, 2.75) is 12.0 Å². The van der Waals surface area contributed by atoms with Gasteiger partial charge in [-0.2, -0.15) is 0 Å². The van der Waals surface area contributed by atoms with Crippen molar-refractivity contribution in [3.8, 4) is 0 Å². The molecule has 0 aromatic heterocycles. The minimum Gasteiger partial charge on any atom is -0.388 e. The van der Waals surface area contributed by atoms with Crippen molar-refractivity contribution >= 4 is 50.7 Å². The Labute approximate surface area is 146 Å². The highest BCUT2D eigenvalue weighted by Crippen LogP contribution is 2.35. The third-order valence-corrected chi connectivity index (χ3v) is 5.26. The molecule has 2 aromatic rings. The molecule has 2 unspecified atom stereocenters. The molecule has 2 aromatic carbocycles. The Hall–Kier alpha value is -0.290. The van der Waals surface area contributed by atoms with Crippen LogP contribution in [-0.4, -0.2) is 11.7 Å². The standard InChI is InChI=1S/C15H13BrCl3NO/c16-11-3-1-9(6-13(11)18)15(21)10(7-20)8-2-4-12(17)14(19)5-8/h1-6,10,15,21H,7,20H2. The van der Waals surface area contributed by atoms with Crippen molar-refractivity contribution in [3.63, 3.8) is 0 Å². The Morgan fingerprint density at radius 2 is 1.57 bits per heavy atom. The number of aliphatic hydroxyl groups excluding tert-OH is 1. The lowest BCUT2D eigenvalue weighted by Gasteiger charge is -2.23. The molecule has 0 saturated heterocycles. The molecule has 0 saturated carbocycles. The van der Waals surface area contributed by atoms with Crippen LogP contribution in [0.1, 0.15) is 23.1 Å². The van der Waals surface area contributed by atoms with Crippen LogP contribution in [0.3, 0.4) is 0 Å². The van der Waals surface area contributed by atoms with Gasteiger partial charge in [0.15, 0.2) is 0 Å². The fraction of sp³-hybridized carbons (Fsp3) is 0.200. The molecular formula is C15H13BrCl3NO. The van der Waals surface area contributed by atoms with E-state index < -0.39 is 6.10 Å². The van der Waals surface area contributed by atoms with Crippen LogP contribution in [0, 0.1) is 0 Å². The van der Waals surface area contributed by atoms with Crippen LogP contribution in [0.4, 0.5) is 0 Å². The van der Waals surface area contributed by atoms with Gasteiger partial charge in [0.2, 0.25) is 0 Å². The first-order valence-electron chi connectivity index (χ1n) is 6.22. The van der Waals surface area contributed by atoms with Crippen LogP contribution in [0.15, 0.2) is 40.9 Å². The van der Waals surface area contributed by atoms with Gasteiger partial charge in [0, 0.05) is 16.9 Å². The molecule has 0 amide bonds. The SMILES string of the molecule is NCC(c1ccc(Cl)c(Cl)c1)C(O)c1ccc(Br)c(Cl)c1. The van der Waals surface area contributed by atoms with Gasteiger partial charge < -0.3 is 10.8 Å². The zero-order chi connectivity index (χ0) is 15.6. The smallest absolute Gasteiger partial charge is 0.0871 e. The number of hydrogen-bond donors (Lipinski definition) is 2. The average molecular weight is 410 g/mol. The lowest BCUT2D eigenvalue weighted by atomic mass is 9.89. The van der Waals surface area contributed by atoms with E-state index in [4.69, 9.17) is 40.5 Å². The highest BCUT2D eigenvalue weighted by atomic mass is 79.9. The number of nitrogens with two attached hydrogens (primary N) is 1. The quantitative estimate of drug-likeness (QED) is 0.730. The van der Waals surface area contributed by atoms with Gasteiger partial charge in [0.25, 0.3) is 0 Å². The second-order valence-electron chi connectivity index (χ2n) is 4.63. The fourth-order valence-corrected chi connectivity index (χ4v) is 2.86. The van der Waals surface area contributed by atoms with Crippen molar-refractivity contribution in [1.82, 2.24) is 0 Å². The van der Waals surface area contributed by atoms with Gasteiger partial charge in [-0.25, -0.2) is 0 Å². The summed E-state index contributed by atoms with van der Waals surface area (Å²) in [6.45, 7) is 0.271. The van der Waals surface area contributed by atoms with Crippen molar-refractivity contribution in [3.05, 3.63) is 67.1 Å². The molecule has 0 radical (unpaired) electrons. The van der Waals surface area contributed by atoms with Gasteiger partial charge >= 0.3 is 0 Å². The van der Waals surface area contributed by atoms with Crippen LogP contribution < -0.4 is 5.73 Å². The van der Waals surface area contributed by atoms with Crippen molar-refractivity contribution in [1.29, 1.82) is 0 Å². The summed E-state index contributed by atoms with van der Waals surface area (Å²) in [7, 11) is 0. The Kier molecular flexibility index (Phi) is 5.95. The highest BCUT2D eigenvalue weighted by molar-refractivity contribution is 9.10. The molecule has 0 aliphatic rings. The maximum Gasteiger partial charge on any atom is 0.0871 e. The second kappa shape index (κ2) is 7.32.